The second kappa shape index (κ2) is 5.38. The van der Waals surface area contributed by atoms with Gasteiger partial charge in [-0.05, 0) is 36.4 Å². The standard InChI is InChI=1S/C14H7BrClNO4/c15-8-2-3-9(16)11(6-8)20-14-17-10-4-1-7(13(18)19)5-12(10)21-14/h1-6H,(H,18,19). The summed E-state index contributed by atoms with van der Waals surface area (Å²) in [5, 5.41) is 9.35. The largest absolute Gasteiger partial charge is 0.478 e. The van der Waals surface area contributed by atoms with E-state index in [2.05, 4.69) is 20.9 Å². The van der Waals surface area contributed by atoms with E-state index < -0.39 is 5.97 Å². The number of nitrogens with zero attached hydrogens (tertiary/aromatic N) is 1. The van der Waals surface area contributed by atoms with Crippen LogP contribution >= 0.6 is 27.5 Å². The molecule has 1 aromatic heterocycles. The van der Waals surface area contributed by atoms with Crippen LogP contribution in [0, 0.1) is 0 Å². The molecule has 3 aromatic rings. The van der Waals surface area contributed by atoms with Crippen molar-refractivity contribution in [2.24, 2.45) is 0 Å². The lowest BCUT2D eigenvalue weighted by Crippen LogP contribution is -1.94. The molecular formula is C14H7BrClNO4. The Kier molecular flexibility index (Phi) is 3.57. The second-order valence-electron chi connectivity index (χ2n) is 4.14. The summed E-state index contributed by atoms with van der Waals surface area (Å²) < 4.78 is 11.7. The van der Waals surface area contributed by atoms with Crippen LogP contribution in [0.2, 0.25) is 5.02 Å². The molecule has 21 heavy (non-hydrogen) atoms. The van der Waals surface area contributed by atoms with Gasteiger partial charge in [0.15, 0.2) is 11.3 Å². The number of ether oxygens (including phenoxy) is 1. The number of carbonyl (C=O) groups is 1. The summed E-state index contributed by atoms with van der Waals surface area (Å²) in [5.41, 5.74) is 0.947. The number of rotatable bonds is 3. The molecule has 0 saturated carbocycles. The van der Waals surface area contributed by atoms with Crippen molar-refractivity contribution in [1.82, 2.24) is 4.98 Å². The van der Waals surface area contributed by atoms with E-state index in [1.165, 1.54) is 12.1 Å². The molecule has 7 heteroatoms. The number of benzene rings is 2. The zero-order valence-electron chi connectivity index (χ0n) is 10.3. The van der Waals surface area contributed by atoms with Gasteiger partial charge in [0.1, 0.15) is 5.52 Å². The molecule has 0 radical (unpaired) electrons. The van der Waals surface area contributed by atoms with E-state index in [4.69, 9.17) is 25.9 Å². The summed E-state index contributed by atoms with van der Waals surface area (Å²) in [5.74, 6) is -0.651. The Hall–Kier alpha value is -2.05. The molecule has 1 heterocycles. The fourth-order valence-electron chi connectivity index (χ4n) is 1.73. The van der Waals surface area contributed by atoms with Crippen LogP contribution in [0.4, 0.5) is 0 Å². The smallest absolute Gasteiger partial charge is 0.400 e. The Labute approximate surface area is 132 Å². The highest BCUT2D eigenvalue weighted by Crippen LogP contribution is 2.33. The molecule has 0 spiro atoms. The predicted molar refractivity (Wildman–Crippen MR) is 80.2 cm³/mol. The van der Waals surface area contributed by atoms with E-state index in [-0.39, 0.29) is 11.6 Å². The lowest BCUT2D eigenvalue weighted by molar-refractivity contribution is 0.0697. The first-order chi connectivity index (χ1) is 10.0. The van der Waals surface area contributed by atoms with E-state index in [1.807, 2.05) is 0 Å². The molecule has 0 fully saturated rings. The third-order valence-electron chi connectivity index (χ3n) is 2.71. The minimum Gasteiger partial charge on any atom is -0.478 e. The highest BCUT2D eigenvalue weighted by atomic mass is 79.9. The SMILES string of the molecule is O=C(O)c1ccc2nc(Oc3cc(Br)ccc3Cl)oc2c1. The fourth-order valence-corrected chi connectivity index (χ4v) is 2.23. The number of hydrogen-bond donors (Lipinski definition) is 1. The summed E-state index contributed by atoms with van der Waals surface area (Å²) >= 11 is 9.33. The Morgan fingerprint density at radius 1 is 1.29 bits per heavy atom. The van der Waals surface area contributed by atoms with E-state index in [9.17, 15) is 4.79 Å². The fraction of sp³-hybridized carbons (Fsp3) is 0. The van der Waals surface area contributed by atoms with Gasteiger partial charge in [0.25, 0.3) is 0 Å². The van der Waals surface area contributed by atoms with Gasteiger partial charge in [-0.25, -0.2) is 4.79 Å². The molecule has 0 aliphatic heterocycles. The third kappa shape index (κ3) is 2.86. The predicted octanol–water partition coefficient (Wildman–Crippen LogP) is 4.73. The summed E-state index contributed by atoms with van der Waals surface area (Å²) in [4.78, 5) is 15.0. The number of halogens is 2. The third-order valence-corrected chi connectivity index (χ3v) is 3.51. The van der Waals surface area contributed by atoms with Crippen molar-refractivity contribution >= 4 is 44.6 Å². The van der Waals surface area contributed by atoms with E-state index in [0.29, 0.717) is 21.9 Å². The van der Waals surface area contributed by atoms with Gasteiger partial charge in [0, 0.05) is 4.47 Å². The van der Waals surface area contributed by atoms with Crippen LogP contribution in [0.15, 0.2) is 45.3 Å². The topological polar surface area (TPSA) is 72.6 Å². The lowest BCUT2D eigenvalue weighted by Gasteiger charge is -2.03. The Bertz CT molecular complexity index is 846. The zero-order valence-corrected chi connectivity index (χ0v) is 12.7. The van der Waals surface area contributed by atoms with Crippen molar-refractivity contribution < 1.29 is 19.1 Å². The van der Waals surface area contributed by atoms with Crippen LogP contribution in [-0.2, 0) is 0 Å². The summed E-state index contributed by atoms with van der Waals surface area (Å²) in [6.45, 7) is 0. The van der Waals surface area contributed by atoms with Crippen LogP contribution in [0.1, 0.15) is 10.4 Å². The lowest BCUT2D eigenvalue weighted by atomic mass is 10.2. The van der Waals surface area contributed by atoms with Crippen molar-refractivity contribution in [3.63, 3.8) is 0 Å². The van der Waals surface area contributed by atoms with Gasteiger partial charge in [-0.3, -0.25) is 0 Å². The van der Waals surface area contributed by atoms with Crippen molar-refractivity contribution in [2.45, 2.75) is 0 Å². The molecule has 0 aliphatic carbocycles. The monoisotopic (exact) mass is 367 g/mol. The van der Waals surface area contributed by atoms with E-state index >= 15 is 0 Å². The minimum atomic E-state index is -1.04. The first-order valence-electron chi connectivity index (χ1n) is 5.80. The number of carboxylic acids is 1. The summed E-state index contributed by atoms with van der Waals surface area (Å²) in [7, 11) is 0. The molecular weight excluding hydrogens is 362 g/mol. The number of fused-ring (bicyclic) bond motifs is 1. The second-order valence-corrected chi connectivity index (χ2v) is 5.47. The molecule has 3 rings (SSSR count). The average molecular weight is 369 g/mol. The summed E-state index contributed by atoms with van der Waals surface area (Å²) in [6, 6.07) is 9.52. The maximum absolute atomic E-state index is 10.9. The Balaban J connectivity index is 1.97. The molecule has 0 amide bonds. The molecule has 0 unspecified atom stereocenters. The molecule has 0 bridgehead atoms. The number of hydrogen-bond acceptors (Lipinski definition) is 4. The first-order valence-corrected chi connectivity index (χ1v) is 6.97. The van der Waals surface area contributed by atoms with E-state index in [0.717, 1.165) is 4.47 Å². The molecule has 0 saturated heterocycles. The quantitative estimate of drug-likeness (QED) is 0.723. The van der Waals surface area contributed by atoms with Crippen molar-refractivity contribution in [1.29, 1.82) is 0 Å². The van der Waals surface area contributed by atoms with Crippen molar-refractivity contribution in [3.05, 3.63) is 51.5 Å². The average Bonchev–Trinajstić information content (AvgIpc) is 2.84. The van der Waals surface area contributed by atoms with Gasteiger partial charge < -0.3 is 14.3 Å². The van der Waals surface area contributed by atoms with Gasteiger partial charge in [0.2, 0.25) is 0 Å². The van der Waals surface area contributed by atoms with Crippen LogP contribution in [-0.4, -0.2) is 16.1 Å². The van der Waals surface area contributed by atoms with Gasteiger partial charge in [-0.15, -0.1) is 0 Å². The molecule has 1 N–H and O–H groups in total. The van der Waals surface area contributed by atoms with Crippen molar-refractivity contribution in [3.8, 4) is 11.8 Å². The first kappa shape index (κ1) is 13.9. The van der Waals surface area contributed by atoms with Gasteiger partial charge in [-0.2, -0.15) is 4.98 Å². The number of oxazole rings is 1. The Morgan fingerprint density at radius 2 is 2.10 bits per heavy atom. The Morgan fingerprint density at radius 3 is 2.86 bits per heavy atom. The van der Waals surface area contributed by atoms with Crippen LogP contribution < -0.4 is 4.74 Å². The number of aromatic nitrogens is 1. The molecule has 2 aromatic carbocycles. The van der Waals surface area contributed by atoms with Gasteiger partial charge in [-0.1, -0.05) is 27.5 Å². The molecule has 5 nitrogen and oxygen atoms in total. The number of aromatic carboxylic acids is 1. The maximum Gasteiger partial charge on any atom is 0.400 e. The summed E-state index contributed by atoms with van der Waals surface area (Å²) in [6.07, 6.45) is -0.00691. The molecule has 0 aliphatic rings. The molecule has 106 valence electrons. The normalized spacial score (nSPS) is 10.8. The van der Waals surface area contributed by atoms with Crippen LogP contribution in [0.5, 0.6) is 11.8 Å². The van der Waals surface area contributed by atoms with Gasteiger partial charge in [0.05, 0.1) is 10.6 Å². The minimum absolute atomic E-state index is 0.00691. The highest BCUT2D eigenvalue weighted by Gasteiger charge is 2.12. The highest BCUT2D eigenvalue weighted by molar-refractivity contribution is 9.10. The maximum atomic E-state index is 10.9. The number of carboxylic acid groups (broad SMARTS) is 1. The van der Waals surface area contributed by atoms with Gasteiger partial charge >= 0.3 is 12.0 Å². The van der Waals surface area contributed by atoms with Crippen LogP contribution in [0.25, 0.3) is 11.1 Å². The van der Waals surface area contributed by atoms with Crippen molar-refractivity contribution in [2.75, 3.05) is 0 Å². The van der Waals surface area contributed by atoms with Crippen LogP contribution in [0.3, 0.4) is 0 Å². The molecule has 0 atom stereocenters. The zero-order chi connectivity index (χ0) is 15.0. The van der Waals surface area contributed by atoms with E-state index in [1.54, 1.807) is 24.3 Å².